The zero-order valence-corrected chi connectivity index (χ0v) is 17.2. The molecule has 0 radical (unpaired) electrons. The van der Waals surface area contributed by atoms with Crippen molar-refractivity contribution in [3.8, 4) is 5.75 Å². The number of H-pyrrole nitrogens is 2. The number of methoxy groups -OCH3 is 1. The molecule has 1 aliphatic rings. The number of rotatable bonds is 4. The van der Waals surface area contributed by atoms with Crippen LogP contribution in [0.25, 0.3) is 21.8 Å². The Morgan fingerprint density at radius 2 is 2.07 bits per heavy atom. The Morgan fingerprint density at radius 3 is 2.93 bits per heavy atom. The Balaban J connectivity index is 1.33. The highest BCUT2D eigenvalue weighted by atomic mass is 32.2. The summed E-state index contributed by atoms with van der Waals surface area (Å²) in [5, 5.41) is 2.10. The van der Waals surface area contributed by atoms with Gasteiger partial charge in [-0.2, -0.15) is 0 Å². The minimum atomic E-state index is -0.189. The van der Waals surface area contributed by atoms with Gasteiger partial charge in [0.1, 0.15) is 5.75 Å². The van der Waals surface area contributed by atoms with Gasteiger partial charge in [-0.1, -0.05) is 23.9 Å². The number of amides is 1. The van der Waals surface area contributed by atoms with E-state index in [1.807, 2.05) is 29.2 Å². The first-order valence-electron chi connectivity index (χ1n) is 9.69. The van der Waals surface area contributed by atoms with Gasteiger partial charge in [0.25, 0.3) is 5.56 Å². The minimum Gasteiger partial charge on any atom is -0.497 e. The number of para-hydroxylation sites is 1. The summed E-state index contributed by atoms with van der Waals surface area (Å²) in [6.45, 7) is 1.22. The standard InChI is InChI=1S/C22H20N4O3S/c1-29-13-6-7-18-15(10-13)16-11-26(9-8-19(16)23-18)20(27)12-30-22-24-17-5-3-2-4-14(17)21(28)25-22/h2-7,10,23H,8-9,11-12H2,1H3,(H,24,25,28). The molecule has 0 aliphatic carbocycles. The molecule has 0 bridgehead atoms. The quantitative estimate of drug-likeness (QED) is 0.391. The van der Waals surface area contributed by atoms with Crippen LogP contribution in [0.15, 0.2) is 52.4 Å². The van der Waals surface area contributed by atoms with E-state index in [0.29, 0.717) is 29.1 Å². The molecule has 0 saturated carbocycles. The fourth-order valence-electron chi connectivity index (χ4n) is 3.89. The predicted octanol–water partition coefficient (Wildman–Crippen LogP) is 3.09. The second-order valence-corrected chi connectivity index (χ2v) is 8.20. The first kappa shape index (κ1) is 18.7. The van der Waals surface area contributed by atoms with Crippen molar-refractivity contribution in [2.75, 3.05) is 19.4 Å². The Morgan fingerprint density at radius 1 is 1.20 bits per heavy atom. The van der Waals surface area contributed by atoms with Crippen LogP contribution in [-0.2, 0) is 17.8 Å². The van der Waals surface area contributed by atoms with Crippen LogP contribution >= 0.6 is 11.8 Å². The normalized spacial score (nSPS) is 13.6. The first-order chi connectivity index (χ1) is 14.6. The van der Waals surface area contributed by atoms with Gasteiger partial charge >= 0.3 is 0 Å². The Hall–Kier alpha value is -3.26. The third-order valence-corrected chi connectivity index (χ3v) is 6.32. The summed E-state index contributed by atoms with van der Waals surface area (Å²) in [6, 6.07) is 13.1. The summed E-state index contributed by atoms with van der Waals surface area (Å²) in [4.78, 5) is 37.6. The summed E-state index contributed by atoms with van der Waals surface area (Å²) in [5.41, 5.74) is 3.82. The average Bonchev–Trinajstić information content (AvgIpc) is 3.14. The zero-order valence-electron chi connectivity index (χ0n) is 16.4. The molecule has 30 heavy (non-hydrogen) atoms. The second-order valence-electron chi connectivity index (χ2n) is 7.24. The van der Waals surface area contributed by atoms with Gasteiger partial charge in [-0.05, 0) is 30.3 Å². The molecule has 0 atom stereocenters. The smallest absolute Gasteiger partial charge is 0.259 e. The highest BCUT2D eigenvalue weighted by Crippen LogP contribution is 2.30. The molecule has 5 rings (SSSR count). The topological polar surface area (TPSA) is 91.1 Å². The number of carbonyl (C=O) groups excluding carboxylic acids is 1. The Labute approximate surface area is 176 Å². The Bertz CT molecular complexity index is 1330. The lowest BCUT2D eigenvalue weighted by Gasteiger charge is -2.27. The molecule has 152 valence electrons. The van der Waals surface area contributed by atoms with E-state index in [4.69, 9.17) is 4.74 Å². The number of aromatic nitrogens is 3. The van der Waals surface area contributed by atoms with Gasteiger partial charge in [0.2, 0.25) is 5.91 Å². The van der Waals surface area contributed by atoms with Crippen LogP contribution in [0.2, 0.25) is 0 Å². The highest BCUT2D eigenvalue weighted by Gasteiger charge is 2.24. The highest BCUT2D eigenvalue weighted by molar-refractivity contribution is 7.99. The number of benzene rings is 2. The fraction of sp³-hybridized carbons (Fsp3) is 0.227. The van der Waals surface area contributed by atoms with Crippen LogP contribution in [0.3, 0.4) is 0 Å². The van der Waals surface area contributed by atoms with E-state index in [-0.39, 0.29) is 17.2 Å². The number of ether oxygens (including phenoxy) is 1. The molecule has 1 amide bonds. The molecule has 0 saturated heterocycles. The van der Waals surface area contributed by atoms with Crippen molar-refractivity contribution in [3.63, 3.8) is 0 Å². The maximum atomic E-state index is 12.9. The van der Waals surface area contributed by atoms with Crippen LogP contribution in [-0.4, -0.2) is 45.2 Å². The maximum absolute atomic E-state index is 12.9. The van der Waals surface area contributed by atoms with Crippen molar-refractivity contribution in [1.29, 1.82) is 0 Å². The van der Waals surface area contributed by atoms with Crippen molar-refractivity contribution < 1.29 is 9.53 Å². The number of nitrogens with one attached hydrogen (secondary N) is 2. The van der Waals surface area contributed by atoms with E-state index in [0.717, 1.165) is 28.6 Å². The van der Waals surface area contributed by atoms with Crippen LogP contribution in [0, 0.1) is 0 Å². The molecular weight excluding hydrogens is 400 g/mol. The van der Waals surface area contributed by atoms with E-state index >= 15 is 0 Å². The van der Waals surface area contributed by atoms with Gasteiger partial charge in [-0.25, -0.2) is 4.98 Å². The lowest BCUT2D eigenvalue weighted by Crippen LogP contribution is -2.37. The number of fused-ring (bicyclic) bond motifs is 4. The van der Waals surface area contributed by atoms with Crippen LogP contribution in [0.5, 0.6) is 5.75 Å². The molecule has 0 unspecified atom stereocenters. The summed E-state index contributed by atoms with van der Waals surface area (Å²) >= 11 is 1.26. The van der Waals surface area contributed by atoms with Crippen LogP contribution < -0.4 is 10.3 Å². The van der Waals surface area contributed by atoms with Crippen LogP contribution in [0.1, 0.15) is 11.3 Å². The van der Waals surface area contributed by atoms with Crippen molar-refractivity contribution >= 4 is 39.5 Å². The minimum absolute atomic E-state index is 0.0266. The van der Waals surface area contributed by atoms with Gasteiger partial charge in [0.15, 0.2) is 5.16 Å². The molecular formula is C22H20N4O3S. The van der Waals surface area contributed by atoms with Crippen molar-refractivity contribution in [1.82, 2.24) is 19.9 Å². The molecule has 7 nitrogen and oxygen atoms in total. The number of aromatic amines is 2. The molecule has 0 fully saturated rings. The summed E-state index contributed by atoms with van der Waals surface area (Å²) in [5.74, 6) is 1.05. The average molecular weight is 420 g/mol. The zero-order chi connectivity index (χ0) is 20.7. The summed E-state index contributed by atoms with van der Waals surface area (Å²) in [7, 11) is 1.65. The van der Waals surface area contributed by atoms with Crippen molar-refractivity contribution in [3.05, 3.63) is 64.1 Å². The lowest BCUT2D eigenvalue weighted by molar-refractivity contribution is -0.129. The molecule has 2 aromatic heterocycles. The van der Waals surface area contributed by atoms with E-state index in [1.54, 1.807) is 25.3 Å². The molecule has 4 aromatic rings. The summed E-state index contributed by atoms with van der Waals surface area (Å²) in [6.07, 6.45) is 0.786. The van der Waals surface area contributed by atoms with Gasteiger partial charge in [0, 0.05) is 41.7 Å². The summed E-state index contributed by atoms with van der Waals surface area (Å²) < 4.78 is 5.35. The van der Waals surface area contributed by atoms with E-state index in [2.05, 4.69) is 15.0 Å². The third kappa shape index (κ3) is 3.33. The molecule has 1 aliphatic heterocycles. The number of thioether (sulfide) groups is 1. The van der Waals surface area contributed by atoms with Gasteiger partial charge in [-0.3, -0.25) is 9.59 Å². The number of carbonyl (C=O) groups is 1. The number of hydrogen-bond acceptors (Lipinski definition) is 5. The molecule has 2 N–H and O–H groups in total. The van der Waals surface area contributed by atoms with Gasteiger partial charge in [-0.15, -0.1) is 0 Å². The maximum Gasteiger partial charge on any atom is 0.259 e. The largest absolute Gasteiger partial charge is 0.497 e. The van der Waals surface area contributed by atoms with E-state index < -0.39 is 0 Å². The molecule has 0 spiro atoms. The lowest BCUT2D eigenvalue weighted by atomic mass is 10.0. The Kier molecular flexibility index (Phi) is 4.71. The van der Waals surface area contributed by atoms with Gasteiger partial charge < -0.3 is 19.6 Å². The molecule has 3 heterocycles. The molecule has 8 heteroatoms. The fourth-order valence-corrected chi connectivity index (χ4v) is 4.66. The van der Waals surface area contributed by atoms with Crippen molar-refractivity contribution in [2.24, 2.45) is 0 Å². The number of nitrogens with zero attached hydrogens (tertiary/aromatic N) is 2. The predicted molar refractivity (Wildman–Crippen MR) is 117 cm³/mol. The first-order valence-corrected chi connectivity index (χ1v) is 10.7. The van der Waals surface area contributed by atoms with E-state index in [9.17, 15) is 9.59 Å². The second kappa shape index (κ2) is 7.53. The van der Waals surface area contributed by atoms with E-state index in [1.165, 1.54) is 17.5 Å². The molecule has 2 aromatic carbocycles. The van der Waals surface area contributed by atoms with Crippen LogP contribution in [0.4, 0.5) is 0 Å². The SMILES string of the molecule is COc1ccc2[nH]c3c(c2c1)CN(C(=O)CSc1nc2ccccc2c(=O)[nH]1)CC3. The van der Waals surface area contributed by atoms with Crippen molar-refractivity contribution in [2.45, 2.75) is 18.1 Å². The number of hydrogen-bond donors (Lipinski definition) is 2. The monoisotopic (exact) mass is 420 g/mol. The van der Waals surface area contributed by atoms with Gasteiger partial charge in [0.05, 0.1) is 23.8 Å². The third-order valence-electron chi connectivity index (χ3n) is 5.46.